The fourth-order valence-corrected chi connectivity index (χ4v) is 3.94. The van der Waals surface area contributed by atoms with Crippen molar-refractivity contribution in [2.45, 2.75) is 24.9 Å². The monoisotopic (exact) mass is 374 g/mol. The highest BCUT2D eigenvalue weighted by Gasteiger charge is 2.56. The first kappa shape index (κ1) is 16.8. The molecule has 7 heteroatoms. The Morgan fingerprint density at radius 2 is 1.85 bits per heavy atom. The van der Waals surface area contributed by atoms with Gasteiger partial charge in [0.25, 0.3) is 0 Å². The fraction of sp³-hybridized carbons (Fsp3) is 0.263. The van der Waals surface area contributed by atoms with Crippen LogP contribution >= 0.6 is 11.6 Å². The maximum Gasteiger partial charge on any atom is 0.408 e. The normalized spacial score (nSPS) is 23.5. The number of likely N-dealkylation sites (tertiary alicyclic amines) is 1. The third-order valence-corrected chi connectivity index (χ3v) is 5.38. The van der Waals surface area contributed by atoms with Gasteiger partial charge in [0, 0.05) is 22.2 Å². The largest absolute Gasteiger partial charge is 0.465 e. The van der Waals surface area contributed by atoms with Crippen molar-refractivity contribution >= 4 is 29.3 Å². The summed E-state index contributed by atoms with van der Waals surface area (Å²) >= 11 is 6.14. The van der Waals surface area contributed by atoms with E-state index < -0.39 is 23.9 Å². The third-order valence-electron chi connectivity index (χ3n) is 5.05. The summed E-state index contributed by atoms with van der Waals surface area (Å²) in [6.07, 6.45) is 0.168. The molecule has 2 aromatic rings. The molecule has 1 aliphatic heterocycles. The highest BCUT2D eigenvalue weighted by atomic mass is 35.5. The molecule has 26 heavy (non-hydrogen) atoms. The van der Waals surface area contributed by atoms with Gasteiger partial charge in [-0.05, 0) is 30.9 Å². The van der Waals surface area contributed by atoms with E-state index in [1.165, 1.54) is 11.0 Å². The molecule has 5 nitrogen and oxygen atoms in total. The van der Waals surface area contributed by atoms with Gasteiger partial charge in [0.2, 0.25) is 5.91 Å². The van der Waals surface area contributed by atoms with Crippen molar-refractivity contribution in [1.29, 1.82) is 0 Å². The number of rotatable bonds is 3. The van der Waals surface area contributed by atoms with Crippen LogP contribution in [0.2, 0.25) is 5.02 Å². The lowest BCUT2D eigenvalue weighted by molar-refractivity contribution is -0.120. The van der Waals surface area contributed by atoms with Crippen molar-refractivity contribution in [3.05, 3.63) is 53.3 Å². The Hall–Kier alpha value is -2.60. The number of fused-ring (bicyclic) bond motifs is 1. The SMILES string of the molecule is O=C(Nc1cccc(-c2ccccc2Cl)c1F)[C@H]1CC2CC2N1C(=O)O. The zero-order valence-electron chi connectivity index (χ0n) is 13.7. The molecule has 0 bridgehead atoms. The van der Waals surface area contributed by atoms with Gasteiger partial charge in [-0.15, -0.1) is 0 Å². The van der Waals surface area contributed by atoms with Gasteiger partial charge in [-0.3, -0.25) is 9.69 Å². The van der Waals surface area contributed by atoms with Crippen molar-refractivity contribution < 1.29 is 19.1 Å². The summed E-state index contributed by atoms with van der Waals surface area (Å²) in [5.74, 6) is -0.866. The Labute approximate surface area is 154 Å². The molecule has 0 radical (unpaired) electrons. The van der Waals surface area contributed by atoms with E-state index in [4.69, 9.17) is 11.6 Å². The molecule has 2 aliphatic rings. The predicted octanol–water partition coefficient (Wildman–Crippen LogP) is 4.23. The molecule has 134 valence electrons. The van der Waals surface area contributed by atoms with Gasteiger partial charge < -0.3 is 10.4 Å². The van der Waals surface area contributed by atoms with Gasteiger partial charge >= 0.3 is 6.09 Å². The molecule has 0 spiro atoms. The van der Waals surface area contributed by atoms with Crippen LogP contribution in [0.25, 0.3) is 11.1 Å². The highest BCUT2D eigenvalue weighted by molar-refractivity contribution is 6.33. The van der Waals surface area contributed by atoms with Crippen LogP contribution in [0.4, 0.5) is 14.9 Å². The molecule has 2 unspecified atom stereocenters. The van der Waals surface area contributed by atoms with E-state index in [2.05, 4.69) is 5.32 Å². The number of carbonyl (C=O) groups is 2. The van der Waals surface area contributed by atoms with Crippen molar-refractivity contribution in [1.82, 2.24) is 4.90 Å². The molecule has 0 aromatic heterocycles. The molecule has 2 aromatic carbocycles. The molecule has 1 heterocycles. The average Bonchev–Trinajstić information content (AvgIpc) is 3.26. The number of hydrogen-bond acceptors (Lipinski definition) is 2. The Morgan fingerprint density at radius 3 is 2.58 bits per heavy atom. The minimum absolute atomic E-state index is 0.0123. The van der Waals surface area contributed by atoms with E-state index in [9.17, 15) is 19.1 Å². The summed E-state index contributed by atoms with van der Waals surface area (Å²) < 4.78 is 14.9. The molecule has 1 saturated heterocycles. The first-order chi connectivity index (χ1) is 12.5. The summed E-state index contributed by atoms with van der Waals surface area (Å²) in [5.41, 5.74) is 0.813. The van der Waals surface area contributed by atoms with Crippen LogP contribution in [0, 0.1) is 11.7 Å². The molecule has 1 aliphatic carbocycles. The van der Waals surface area contributed by atoms with Crippen molar-refractivity contribution in [3.8, 4) is 11.1 Å². The van der Waals surface area contributed by atoms with E-state index in [1.54, 1.807) is 36.4 Å². The standard InChI is InChI=1S/C19H16ClFN2O3/c20-13-6-2-1-4-11(13)12-5-3-7-14(17(12)21)22-18(24)16-9-10-8-15(10)23(16)19(25)26/h1-7,10,15-16H,8-9H2,(H,22,24)(H,25,26)/t10?,15?,16-/m1/s1. The molecule has 2 amide bonds. The molecule has 4 rings (SSSR count). The second-order valence-electron chi connectivity index (χ2n) is 6.64. The van der Waals surface area contributed by atoms with Crippen molar-refractivity contribution in [3.63, 3.8) is 0 Å². The Balaban J connectivity index is 1.59. The van der Waals surface area contributed by atoms with E-state index in [1.807, 2.05) is 0 Å². The minimum Gasteiger partial charge on any atom is -0.465 e. The fourth-order valence-electron chi connectivity index (χ4n) is 3.70. The number of piperidine rings is 1. The summed E-state index contributed by atoms with van der Waals surface area (Å²) in [5, 5.41) is 12.3. The number of nitrogens with zero attached hydrogens (tertiary/aromatic N) is 1. The maximum absolute atomic E-state index is 14.9. The maximum atomic E-state index is 14.9. The number of amides is 2. The first-order valence-corrected chi connectivity index (χ1v) is 8.70. The van der Waals surface area contributed by atoms with Gasteiger partial charge in [-0.2, -0.15) is 0 Å². The second kappa shape index (κ2) is 6.29. The first-order valence-electron chi connectivity index (χ1n) is 8.33. The molecular weight excluding hydrogens is 359 g/mol. The van der Waals surface area contributed by atoms with E-state index >= 15 is 0 Å². The Kier molecular flexibility index (Phi) is 4.07. The lowest BCUT2D eigenvalue weighted by atomic mass is 10.0. The zero-order chi connectivity index (χ0) is 18.4. The summed E-state index contributed by atoms with van der Waals surface area (Å²) in [7, 11) is 0. The molecule has 2 fully saturated rings. The van der Waals surface area contributed by atoms with Crippen LogP contribution in [-0.4, -0.2) is 34.1 Å². The zero-order valence-corrected chi connectivity index (χ0v) is 14.4. The molecule has 1 saturated carbocycles. The Bertz CT molecular complexity index is 904. The molecular formula is C19H16ClFN2O3. The number of anilines is 1. The van der Waals surface area contributed by atoms with E-state index in [0.717, 1.165) is 6.42 Å². The van der Waals surface area contributed by atoms with Gasteiger partial charge in [0.05, 0.1) is 5.69 Å². The van der Waals surface area contributed by atoms with Crippen LogP contribution < -0.4 is 5.32 Å². The van der Waals surface area contributed by atoms with Gasteiger partial charge in [0.15, 0.2) is 5.82 Å². The molecule has 2 N–H and O–H groups in total. The lowest BCUT2D eigenvalue weighted by Crippen LogP contribution is -2.44. The number of carboxylic acid groups (broad SMARTS) is 1. The van der Waals surface area contributed by atoms with Crippen LogP contribution in [0.3, 0.4) is 0 Å². The number of carbonyl (C=O) groups excluding carboxylic acids is 1. The van der Waals surface area contributed by atoms with Crippen molar-refractivity contribution in [2.24, 2.45) is 5.92 Å². The summed E-state index contributed by atoms with van der Waals surface area (Å²) in [6, 6.07) is 10.7. The average molecular weight is 375 g/mol. The minimum atomic E-state index is -1.11. The Morgan fingerprint density at radius 1 is 1.12 bits per heavy atom. The molecule has 3 atom stereocenters. The van der Waals surface area contributed by atoms with Crippen LogP contribution in [0.15, 0.2) is 42.5 Å². The summed E-state index contributed by atoms with van der Waals surface area (Å²) in [4.78, 5) is 25.2. The van der Waals surface area contributed by atoms with E-state index in [0.29, 0.717) is 17.0 Å². The van der Waals surface area contributed by atoms with Crippen LogP contribution in [0.1, 0.15) is 12.8 Å². The van der Waals surface area contributed by atoms with Gasteiger partial charge in [-0.1, -0.05) is 41.9 Å². The number of benzene rings is 2. The van der Waals surface area contributed by atoms with Crippen LogP contribution in [-0.2, 0) is 4.79 Å². The van der Waals surface area contributed by atoms with E-state index in [-0.39, 0.29) is 23.2 Å². The topological polar surface area (TPSA) is 69.6 Å². The predicted molar refractivity (Wildman–Crippen MR) is 95.6 cm³/mol. The van der Waals surface area contributed by atoms with Crippen LogP contribution in [0.5, 0.6) is 0 Å². The smallest absolute Gasteiger partial charge is 0.408 e. The number of nitrogens with one attached hydrogen (secondary N) is 1. The quantitative estimate of drug-likeness (QED) is 0.844. The number of halogens is 2. The van der Waals surface area contributed by atoms with Crippen molar-refractivity contribution in [2.75, 3.05) is 5.32 Å². The third kappa shape index (κ3) is 2.80. The second-order valence-corrected chi connectivity index (χ2v) is 7.05. The van der Waals surface area contributed by atoms with Gasteiger partial charge in [0.1, 0.15) is 6.04 Å². The number of hydrogen-bond donors (Lipinski definition) is 2. The lowest BCUT2D eigenvalue weighted by Gasteiger charge is -2.24. The highest BCUT2D eigenvalue weighted by Crippen LogP contribution is 2.48. The summed E-state index contributed by atoms with van der Waals surface area (Å²) in [6.45, 7) is 0. The van der Waals surface area contributed by atoms with Gasteiger partial charge in [-0.25, -0.2) is 9.18 Å².